The molecule has 6 heteroatoms. The van der Waals surface area contributed by atoms with E-state index in [1.807, 2.05) is 24.3 Å². The molecule has 1 fully saturated rings. The summed E-state index contributed by atoms with van der Waals surface area (Å²) < 4.78 is 16.9. The van der Waals surface area contributed by atoms with Crippen LogP contribution in [0.25, 0.3) is 11.1 Å². The maximum Gasteiger partial charge on any atom is 0.298 e. The Morgan fingerprint density at radius 1 is 1.00 bits per heavy atom. The second-order valence-electron chi connectivity index (χ2n) is 6.86. The van der Waals surface area contributed by atoms with Crippen LogP contribution in [-0.2, 0) is 6.54 Å². The molecule has 2 aliphatic rings. The zero-order valence-corrected chi connectivity index (χ0v) is 14.8. The molecule has 0 bridgehead atoms. The average molecular weight is 351 g/mol. The third-order valence-corrected chi connectivity index (χ3v) is 5.15. The molecule has 3 heterocycles. The monoisotopic (exact) mass is 351 g/mol. The number of aryl methyl sites for hydroxylation is 1. The van der Waals surface area contributed by atoms with Crippen LogP contribution in [-0.4, -0.2) is 42.9 Å². The predicted molar refractivity (Wildman–Crippen MR) is 98.8 cm³/mol. The van der Waals surface area contributed by atoms with Gasteiger partial charge in [-0.15, -0.1) is 0 Å². The highest BCUT2D eigenvalue weighted by atomic mass is 16.7. The van der Waals surface area contributed by atoms with E-state index in [9.17, 15) is 0 Å². The fourth-order valence-electron chi connectivity index (χ4n) is 3.59. The fourth-order valence-corrected chi connectivity index (χ4v) is 3.59. The fraction of sp³-hybridized carbons (Fsp3) is 0.350. The number of oxazole rings is 1. The molecule has 0 amide bonds. The van der Waals surface area contributed by atoms with Gasteiger partial charge < -0.3 is 18.8 Å². The smallest absolute Gasteiger partial charge is 0.298 e. The number of ether oxygens (including phenoxy) is 2. The summed E-state index contributed by atoms with van der Waals surface area (Å²) in [5, 5.41) is 0. The van der Waals surface area contributed by atoms with Gasteiger partial charge in [0.25, 0.3) is 6.01 Å². The van der Waals surface area contributed by atoms with Gasteiger partial charge in [0.05, 0.1) is 0 Å². The molecule has 26 heavy (non-hydrogen) atoms. The van der Waals surface area contributed by atoms with Gasteiger partial charge in [-0.1, -0.05) is 12.1 Å². The van der Waals surface area contributed by atoms with Crippen LogP contribution >= 0.6 is 0 Å². The van der Waals surface area contributed by atoms with Gasteiger partial charge in [-0.05, 0) is 42.3 Å². The molecule has 2 aliphatic heterocycles. The number of hydrogen-bond donors (Lipinski definition) is 0. The molecule has 5 rings (SSSR count). The summed E-state index contributed by atoms with van der Waals surface area (Å²) in [6, 6.07) is 12.8. The van der Waals surface area contributed by atoms with Crippen LogP contribution in [0, 0.1) is 6.92 Å². The van der Waals surface area contributed by atoms with Crippen LogP contribution in [0.2, 0.25) is 0 Å². The van der Waals surface area contributed by atoms with Crippen molar-refractivity contribution in [1.82, 2.24) is 9.88 Å². The Morgan fingerprint density at radius 3 is 2.58 bits per heavy atom. The topological polar surface area (TPSA) is 51.0 Å². The molecular weight excluding hydrogens is 330 g/mol. The van der Waals surface area contributed by atoms with Crippen molar-refractivity contribution in [2.45, 2.75) is 13.5 Å². The quantitative estimate of drug-likeness (QED) is 0.722. The van der Waals surface area contributed by atoms with Gasteiger partial charge in [0.2, 0.25) is 6.79 Å². The molecule has 0 saturated carbocycles. The number of hydrogen-bond acceptors (Lipinski definition) is 6. The van der Waals surface area contributed by atoms with Crippen LogP contribution in [0.3, 0.4) is 0 Å². The SMILES string of the molecule is Cc1cc2c(cc1CN1CCN(c3nc4ccccc4o3)CC1)OCO2. The van der Waals surface area contributed by atoms with Crippen molar-refractivity contribution in [2.24, 2.45) is 0 Å². The van der Waals surface area contributed by atoms with Gasteiger partial charge in [-0.3, -0.25) is 4.90 Å². The van der Waals surface area contributed by atoms with E-state index in [2.05, 4.69) is 33.8 Å². The minimum atomic E-state index is 0.321. The molecule has 0 radical (unpaired) electrons. The summed E-state index contributed by atoms with van der Waals surface area (Å²) in [4.78, 5) is 9.30. The van der Waals surface area contributed by atoms with Crippen molar-refractivity contribution in [3.8, 4) is 11.5 Å². The number of benzene rings is 2. The lowest BCUT2D eigenvalue weighted by atomic mass is 10.1. The van der Waals surface area contributed by atoms with Crippen molar-refractivity contribution in [2.75, 3.05) is 37.9 Å². The molecule has 0 atom stereocenters. The zero-order chi connectivity index (χ0) is 17.5. The number of anilines is 1. The van der Waals surface area contributed by atoms with Crippen LogP contribution in [0.5, 0.6) is 11.5 Å². The molecular formula is C20H21N3O3. The summed E-state index contributed by atoms with van der Waals surface area (Å²) in [5.41, 5.74) is 4.31. The summed E-state index contributed by atoms with van der Waals surface area (Å²) in [6.07, 6.45) is 0. The lowest BCUT2D eigenvalue weighted by molar-refractivity contribution is 0.174. The Labute approximate surface area is 151 Å². The second-order valence-corrected chi connectivity index (χ2v) is 6.86. The molecule has 1 saturated heterocycles. The van der Waals surface area contributed by atoms with E-state index in [1.165, 1.54) is 11.1 Å². The van der Waals surface area contributed by atoms with Crippen molar-refractivity contribution in [3.05, 3.63) is 47.5 Å². The van der Waals surface area contributed by atoms with Gasteiger partial charge in [0, 0.05) is 32.7 Å². The average Bonchev–Trinajstić information content (AvgIpc) is 3.29. The number of piperazine rings is 1. The first-order chi connectivity index (χ1) is 12.8. The van der Waals surface area contributed by atoms with Crippen molar-refractivity contribution >= 4 is 17.1 Å². The van der Waals surface area contributed by atoms with Gasteiger partial charge >= 0.3 is 0 Å². The Bertz CT molecular complexity index is 912. The van der Waals surface area contributed by atoms with Crippen LogP contribution in [0.1, 0.15) is 11.1 Å². The highest BCUT2D eigenvalue weighted by Crippen LogP contribution is 2.35. The van der Waals surface area contributed by atoms with Crippen molar-refractivity contribution < 1.29 is 13.9 Å². The molecule has 0 unspecified atom stereocenters. The standard InChI is InChI=1S/C20H21N3O3/c1-14-10-18-19(25-13-24-18)11-15(14)12-22-6-8-23(9-7-22)20-21-16-4-2-3-5-17(16)26-20/h2-5,10-11H,6-9,12-13H2,1H3. The Morgan fingerprint density at radius 2 is 1.77 bits per heavy atom. The third-order valence-electron chi connectivity index (χ3n) is 5.15. The van der Waals surface area contributed by atoms with E-state index in [0.717, 1.165) is 61.3 Å². The number of rotatable bonds is 3. The summed E-state index contributed by atoms with van der Waals surface area (Å²) in [7, 11) is 0. The van der Waals surface area contributed by atoms with E-state index in [1.54, 1.807) is 0 Å². The third kappa shape index (κ3) is 2.76. The maximum atomic E-state index is 5.90. The predicted octanol–water partition coefficient (Wildman–Crippen LogP) is 3.19. The van der Waals surface area contributed by atoms with E-state index >= 15 is 0 Å². The minimum absolute atomic E-state index is 0.321. The minimum Gasteiger partial charge on any atom is -0.454 e. The molecule has 3 aromatic rings. The first kappa shape index (κ1) is 15.5. The van der Waals surface area contributed by atoms with Crippen LogP contribution in [0.4, 0.5) is 6.01 Å². The molecule has 0 spiro atoms. The van der Waals surface area contributed by atoms with Crippen molar-refractivity contribution in [1.29, 1.82) is 0 Å². The zero-order valence-electron chi connectivity index (χ0n) is 14.8. The first-order valence-corrected chi connectivity index (χ1v) is 8.98. The van der Waals surface area contributed by atoms with Crippen molar-refractivity contribution in [3.63, 3.8) is 0 Å². The molecule has 0 N–H and O–H groups in total. The lowest BCUT2D eigenvalue weighted by Gasteiger charge is -2.34. The number of fused-ring (bicyclic) bond motifs is 2. The lowest BCUT2D eigenvalue weighted by Crippen LogP contribution is -2.46. The Balaban J connectivity index is 1.26. The Kier molecular flexibility index (Phi) is 3.71. The maximum absolute atomic E-state index is 5.90. The van der Waals surface area contributed by atoms with Gasteiger partial charge in [-0.25, -0.2) is 0 Å². The highest BCUT2D eigenvalue weighted by molar-refractivity contribution is 5.74. The summed E-state index contributed by atoms with van der Waals surface area (Å²) in [6.45, 7) is 7.16. The second kappa shape index (κ2) is 6.21. The highest BCUT2D eigenvalue weighted by Gasteiger charge is 2.22. The normalized spacial score (nSPS) is 17.2. The van der Waals surface area contributed by atoms with E-state index in [0.29, 0.717) is 6.79 Å². The molecule has 134 valence electrons. The van der Waals surface area contributed by atoms with Gasteiger partial charge in [-0.2, -0.15) is 4.98 Å². The molecule has 1 aromatic heterocycles. The number of para-hydroxylation sites is 2. The van der Waals surface area contributed by atoms with Gasteiger partial charge in [0.15, 0.2) is 17.1 Å². The van der Waals surface area contributed by atoms with E-state index < -0.39 is 0 Å². The molecule has 6 nitrogen and oxygen atoms in total. The Hall–Kier alpha value is -2.73. The van der Waals surface area contributed by atoms with E-state index in [4.69, 9.17) is 13.9 Å². The number of nitrogens with zero attached hydrogens (tertiary/aromatic N) is 3. The largest absolute Gasteiger partial charge is 0.454 e. The molecule has 2 aromatic carbocycles. The summed E-state index contributed by atoms with van der Waals surface area (Å²) in [5.74, 6) is 1.71. The number of aromatic nitrogens is 1. The van der Waals surface area contributed by atoms with Gasteiger partial charge in [0.1, 0.15) is 5.52 Å². The first-order valence-electron chi connectivity index (χ1n) is 8.98. The van der Waals surface area contributed by atoms with E-state index in [-0.39, 0.29) is 0 Å². The molecule has 0 aliphatic carbocycles. The van der Waals surface area contributed by atoms with Crippen LogP contribution in [0.15, 0.2) is 40.8 Å². The summed E-state index contributed by atoms with van der Waals surface area (Å²) >= 11 is 0. The van der Waals surface area contributed by atoms with Crippen LogP contribution < -0.4 is 14.4 Å².